The number of carbonyl (C=O) groups is 1. The van der Waals surface area contributed by atoms with Crippen LogP contribution < -0.4 is 11.5 Å². The van der Waals surface area contributed by atoms with Gasteiger partial charge in [0.2, 0.25) is 5.91 Å². The van der Waals surface area contributed by atoms with Crippen LogP contribution in [0.1, 0.15) is 58.8 Å². The van der Waals surface area contributed by atoms with Gasteiger partial charge in [0.05, 0.1) is 5.92 Å². The van der Waals surface area contributed by atoms with Crippen LogP contribution in [-0.2, 0) is 4.79 Å². The lowest BCUT2D eigenvalue weighted by Crippen LogP contribution is -2.55. The fraction of sp³-hybridized carbons (Fsp3) is 0.941. The number of primary amides is 1. The lowest BCUT2D eigenvalue weighted by molar-refractivity contribution is -0.125. The van der Waals surface area contributed by atoms with Crippen LogP contribution in [0, 0.1) is 17.8 Å². The number of rotatable bonds is 5. The molecule has 1 aliphatic heterocycles. The summed E-state index contributed by atoms with van der Waals surface area (Å²) < 4.78 is 0. The Kier molecular flexibility index (Phi) is 6.06. The van der Waals surface area contributed by atoms with Gasteiger partial charge in [0.1, 0.15) is 0 Å². The number of nitrogens with zero attached hydrogens (tertiary/aromatic N) is 1. The van der Waals surface area contributed by atoms with Crippen LogP contribution in [0.5, 0.6) is 0 Å². The van der Waals surface area contributed by atoms with Crippen molar-refractivity contribution in [1.82, 2.24) is 4.90 Å². The van der Waals surface area contributed by atoms with Crippen LogP contribution in [0.15, 0.2) is 0 Å². The highest BCUT2D eigenvalue weighted by molar-refractivity contribution is 5.77. The first-order valence-electron chi connectivity index (χ1n) is 8.81. The molecule has 5 atom stereocenters. The van der Waals surface area contributed by atoms with E-state index in [1.54, 1.807) is 0 Å². The zero-order valence-corrected chi connectivity index (χ0v) is 13.8. The van der Waals surface area contributed by atoms with E-state index in [-0.39, 0.29) is 11.8 Å². The van der Waals surface area contributed by atoms with Gasteiger partial charge in [0, 0.05) is 18.6 Å². The molecule has 2 rings (SSSR count). The summed E-state index contributed by atoms with van der Waals surface area (Å²) in [6, 6.07) is 1.11. The molecule has 1 amide bonds. The van der Waals surface area contributed by atoms with Gasteiger partial charge in [-0.25, -0.2) is 0 Å². The molecule has 4 N–H and O–H groups in total. The summed E-state index contributed by atoms with van der Waals surface area (Å²) in [5, 5.41) is 0. The normalized spacial score (nSPS) is 38.3. The van der Waals surface area contributed by atoms with Crippen molar-refractivity contribution in [3.8, 4) is 0 Å². The van der Waals surface area contributed by atoms with Gasteiger partial charge in [-0.05, 0) is 51.0 Å². The first-order chi connectivity index (χ1) is 10.1. The zero-order valence-electron chi connectivity index (χ0n) is 13.8. The molecule has 0 aromatic carbocycles. The average molecular weight is 295 g/mol. The van der Waals surface area contributed by atoms with Crippen molar-refractivity contribution in [3.63, 3.8) is 0 Å². The molecule has 1 saturated carbocycles. The Bertz CT molecular complexity index is 347. The predicted octanol–water partition coefficient (Wildman–Crippen LogP) is 2.12. The number of hydrogen-bond acceptors (Lipinski definition) is 3. The molecule has 0 bridgehead atoms. The number of amides is 1. The highest BCUT2D eigenvalue weighted by atomic mass is 16.1. The van der Waals surface area contributed by atoms with Crippen LogP contribution in [0.25, 0.3) is 0 Å². The quantitative estimate of drug-likeness (QED) is 0.816. The van der Waals surface area contributed by atoms with Gasteiger partial charge in [-0.2, -0.15) is 0 Å². The van der Waals surface area contributed by atoms with Gasteiger partial charge >= 0.3 is 0 Å². The fourth-order valence-electron chi connectivity index (χ4n) is 4.47. The van der Waals surface area contributed by atoms with E-state index in [9.17, 15) is 4.79 Å². The van der Waals surface area contributed by atoms with Crippen molar-refractivity contribution in [2.45, 2.75) is 70.9 Å². The highest BCUT2D eigenvalue weighted by Crippen LogP contribution is 2.37. The minimum Gasteiger partial charge on any atom is -0.369 e. The standard InChI is InChI=1S/C17H33N3O/c1-3-4-13-6-8-14(10-18)16(9-13)20-11-15(17(19)21)7-5-12(20)2/h12-16H,3-11,18H2,1-2H3,(H2,19,21). The summed E-state index contributed by atoms with van der Waals surface area (Å²) in [5.41, 5.74) is 11.6. The van der Waals surface area contributed by atoms with Gasteiger partial charge in [0.25, 0.3) is 0 Å². The molecule has 1 saturated heterocycles. The molecule has 2 aliphatic rings. The Morgan fingerprint density at radius 3 is 2.62 bits per heavy atom. The maximum absolute atomic E-state index is 11.6. The molecule has 0 aromatic heterocycles. The SMILES string of the molecule is CCCC1CCC(CN)C(N2CC(C(N)=O)CCC2C)C1. The van der Waals surface area contributed by atoms with Crippen LogP contribution in [0.3, 0.4) is 0 Å². The maximum atomic E-state index is 11.6. The van der Waals surface area contributed by atoms with Crippen LogP contribution >= 0.6 is 0 Å². The largest absolute Gasteiger partial charge is 0.369 e. The minimum atomic E-state index is -0.128. The van der Waals surface area contributed by atoms with E-state index in [1.165, 1.54) is 32.1 Å². The highest BCUT2D eigenvalue weighted by Gasteiger charge is 2.39. The Balaban J connectivity index is 2.08. The summed E-state index contributed by atoms with van der Waals surface area (Å²) >= 11 is 0. The molecule has 0 aromatic rings. The van der Waals surface area contributed by atoms with Gasteiger partial charge < -0.3 is 11.5 Å². The maximum Gasteiger partial charge on any atom is 0.221 e. The third-order valence-corrected chi connectivity index (χ3v) is 5.82. The number of nitrogens with two attached hydrogens (primary N) is 2. The van der Waals surface area contributed by atoms with Gasteiger partial charge in [-0.3, -0.25) is 9.69 Å². The summed E-state index contributed by atoms with van der Waals surface area (Å²) in [6.07, 6.45) is 8.46. The van der Waals surface area contributed by atoms with Crippen LogP contribution in [0.4, 0.5) is 0 Å². The van der Waals surface area contributed by atoms with Gasteiger partial charge in [-0.1, -0.05) is 26.2 Å². The molecule has 4 heteroatoms. The molecule has 0 spiro atoms. The second kappa shape index (κ2) is 7.59. The first-order valence-corrected chi connectivity index (χ1v) is 8.81. The van der Waals surface area contributed by atoms with E-state index >= 15 is 0 Å². The molecule has 1 aliphatic carbocycles. The predicted molar refractivity (Wildman–Crippen MR) is 86.7 cm³/mol. The summed E-state index contributed by atoms with van der Waals surface area (Å²) in [5.74, 6) is 1.33. The Morgan fingerprint density at radius 1 is 1.24 bits per heavy atom. The zero-order chi connectivity index (χ0) is 15.4. The monoisotopic (exact) mass is 295 g/mol. The summed E-state index contributed by atoms with van der Waals surface area (Å²) in [4.78, 5) is 14.1. The Morgan fingerprint density at radius 2 is 2.00 bits per heavy atom. The van der Waals surface area contributed by atoms with E-state index in [1.807, 2.05) is 0 Å². The Hall–Kier alpha value is -0.610. The van der Waals surface area contributed by atoms with E-state index < -0.39 is 0 Å². The van der Waals surface area contributed by atoms with Gasteiger partial charge in [-0.15, -0.1) is 0 Å². The Labute approximate surface area is 129 Å². The third kappa shape index (κ3) is 3.98. The smallest absolute Gasteiger partial charge is 0.221 e. The lowest BCUT2D eigenvalue weighted by atomic mass is 9.74. The topological polar surface area (TPSA) is 72.3 Å². The first kappa shape index (κ1) is 16.8. The van der Waals surface area contributed by atoms with Crippen molar-refractivity contribution in [2.24, 2.45) is 29.2 Å². The molecule has 5 unspecified atom stereocenters. The fourth-order valence-corrected chi connectivity index (χ4v) is 4.47. The second-order valence-corrected chi connectivity index (χ2v) is 7.25. The molecule has 0 radical (unpaired) electrons. The minimum absolute atomic E-state index is 0.0335. The van der Waals surface area contributed by atoms with Crippen molar-refractivity contribution in [2.75, 3.05) is 13.1 Å². The molecular weight excluding hydrogens is 262 g/mol. The van der Waals surface area contributed by atoms with Gasteiger partial charge in [0.15, 0.2) is 0 Å². The molecule has 122 valence electrons. The van der Waals surface area contributed by atoms with Crippen molar-refractivity contribution in [3.05, 3.63) is 0 Å². The van der Waals surface area contributed by atoms with E-state index in [0.29, 0.717) is 18.0 Å². The number of hydrogen-bond donors (Lipinski definition) is 2. The summed E-state index contributed by atoms with van der Waals surface area (Å²) in [7, 11) is 0. The average Bonchev–Trinajstić information content (AvgIpc) is 2.47. The molecule has 1 heterocycles. The third-order valence-electron chi connectivity index (χ3n) is 5.82. The van der Waals surface area contributed by atoms with E-state index in [2.05, 4.69) is 18.7 Å². The molecule has 2 fully saturated rings. The second-order valence-electron chi connectivity index (χ2n) is 7.25. The number of piperidine rings is 1. The number of likely N-dealkylation sites (tertiary alicyclic amines) is 1. The number of carbonyl (C=O) groups excluding carboxylic acids is 1. The molecule has 4 nitrogen and oxygen atoms in total. The lowest BCUT2D eigenvalue weighted by Gasteiger charge is -2.48. The van der Waals surface area contributed by atoms with E-state index in [4.69, 9.17) is 11.5 Å². The van der Waals surface area contributed by atoms with Crippen LogP contribution in [0.2, 0.25) is 0 Å². The van der Waals surface area contributed by atoms with Crippen molar-refractivity contribution >= 4 is 5.91 Å². The summed E-state index contributed by atoms with van der Waals surface area (Å²) in [6.45, 7) is 6.19. The molecule has 21 heavy (non-hydrogen) atoms. The molecular formula is C17H33N3O. The van der Waals surface area contributed by atoms with E-state index in [0.717, 1.165) is 31.8 Å². The van der Waals surface area contributed by atoms with Crippen LogP contribution in [-0.4, -0.2) is 36.0 Å². The van der Waals surface area contributed by atoms with Crippen molar-refractivity contribution in [1.29, 1.82) is 0 Å². The van der Waals surface area contributed by atoms with Crippen molar-refractivity contribution < 1.29 is 4.79 Å².